The first kappa shape index (κ1) is 20.4. The van der Waals surface area contributed by atoms with Crippen molar-refractivity contribution in [2.75, 3.05) is 23.3 Å². The number of pyridine rings is 2. The van der Waals surface area contributed by atoms with Gasteiger partial charge in [0.15, 0.2) is 11.5 Å². The van der Waals surface area contributed by atoms with E-state index in [9.17, 15) is 9.18 Å². The molecule has 32 heavy (non-hydrogen) atoms. The number of halogens is 1. The third-order valence-corrected chi connectivity index (χ3v) is 5.77. The third kappa shape index (κ3) is 3.67. The molecule has 1 aromatic carbocycles. The summed E-state index contributed by atoms with van der Waals surface area (Å²) in [6.07, 6.45) is 5.06. The number of nitrogens with one attached hydrogen (secondary N) is 2. The van der Waals surface area contributed by atoms with Crippen LogP contribution in [0.3, 0.4) is 0 Å². The Labute approximate surface area is 185 Å². The van der Waals surface area contributed by atoms with Crippen LogP contribution in [-0.2, 0) is 0 Å². The van der Waals surface area contributed by atoms with E-state index in [1.807, 2.05) is 18.2 Å². The summed E-state index contributed by atoms with van der Waals surface area (Å²) in [4.78, 5) is 24.2. The molecule has 3 aromatic heterocycles. The summed E-state index contributed by atoms with van der Waals surface area (Å²) < 4.78 is 16.0. The van der Waals surface area contributed by atoms with Crippen LogP contribution in [0.2, 0.25) is 0 Å². The Bertz CT molecular complexity index is 1320. The first-order valence-corrected chi connectivity index (χ1v) is 10.7. The summed E-state index contributed by atoms with van der Waals surface area (Å²) in [5, 5.41) is 7.28. The molecule has 0 aliphatic carbocycles. The van der Waals surface area contributed by atoms with Gasteiger partial charge >= 0.3 is 0 Å². The molecule has 8 heteroatoms. The monoisotopic (exact) mass is 432 g/mol. The Morgan fingerprint density at radius 1 is 1.19 bits per heavy atom. The number of piperazine rings is 1. The lowest BCUT2D eigenvalue weighted by atomic mass is 10.0. The number of amides is 1. The number of nitrogens with zero attached hydrogens (tertiary/aromatic N) is 4. The van der Waals surface area contributed by atoms with Gasteiger partial charge in [-0.3, -0.25) is 9.78 Å². The number of aromatic nitrogens is 3. The zero-order chi connectivity index (χ0) is 22.4. The third-order valence-electron chi connectivity index (χ3n) is 5.77. The van der Waals surface area contributed by atoms with E-state index < -0.39 is 5.82 Å². The fourth-order valence-electron chi connectivity index (χ4n) is 4.59. The summed E-state index contributed by atoms with van der Waals surface area (Å²) in [5.41, 5.74) is 3.43. The van der Waals surface area contributed by atoms with E-state index >= 15 is 0 Å². The molecule has 2 N–H and O–H groups in total. The van der Waals surface area contributed by atoms with E-state index in [4.69, 9.17) is 0 Å². The highest BCUT2D eigenvalue weighted by Crippen LogP contribution is 2.30. The lowest BCUT2D eigenvalue weighted by molar-refractivity contribution is 0.102. The van der Waals surface area contributed by atoms with E-state index in [2.05, 4.69) is 39.3 Å². The normalized spacial score (nSPS) is 18.9. The highest BCUT2D eigenvalue weighted by Gasteiger charge is 2.24. The number of anilines is 2. The van der Waals surface area contributed by atoms with Crippen LogP contribution in [0.1, 0.15) is 29.9 Å². The molecule has 2 atom stereocenters. The zero-order valence-electron chi connectivity index (χ0n) is 18.3. The highest BCUT2D eigenvalue weighted by atomic mass is 19.1. The Kier molecular flexibility index (Phi) is 5.01. The van der Waals surface area contributed by atoms with Gasteiger partial charge < -0.3 is 19.9 Å². The number of fused-ring (bicyclic) bond motifs is 2. The summed E-state index contributed by atoms with van der Waals surface area (Å²) in [6.45, 7) is 7.89. The van der Waals surface area contributed by atoms with Crippen LogP contribution in [0.15, 0.2) is 48.9 Å². The van der Waals surface area contributed by atoms with E-state index in [0.29, 0.717) is 34.5 Å². The van der Waals surface area contributed by atoms with E-state index in [-0.39, 0.29) is 11.6 Å². The molecule has 0 bridgehead atoms. The quantitative estimate of drug-likeness (QED) is 0.516. The molecule has 1 saturated heterocycles. The van der Waals surface area contributed by atoms with Crippen LogP contribution in [0.5, 0.6) is 0 Å². The fourth-order valence-corrected chi connectivity index (χ4v) is 4.59. The van der Waals surface area contributed by atoms with Crippen molar-refractivity contribution in [2.24, 2.45) is 0 Å². The standard InChI is InChI=1S/C24H25FN6O/c1-14-10-30(11-15(2)27-14)21-7-6-19(22-18(21)5-4-8-26-22)24(32)29-17-9-20(25)23-28-16(3)12-31(23)13-17/h4-9,12-15,27H,10-11H2,1-3H3,(H,29,32). The number of hydrogen-bond donors (Lipinski definition) is 2. The Morgan fingerprint density at radius 3 is 2.75 bits per heavy atom. The van der Waals surface area contributed by atoms with Gasteiger partial charge in [-0.25, -0.2) is 9.37 Å². The summed E-state index contributed by atoms with van der Waals surface area (Å²) in [7, 11) is 0. The highest BCUT2D eigenvalue weighted by molar-refractivity contribution is 6.13. The zero-order valence-corrected chi connectivity index (χ0v) is 18.3. The SMILES string of the molecule is Cc1cn2cc(NC(=O)c3ccc(N4CC(C)NC(C)C4)c4cccnc34)cc(F)c2n1. The minimum Gasteiger partial charge on any atom is -0.368 e. The number of rotatable bonds is 3. The Balaban J connectivity index is 1.50. The number of imidazole rings is 1. The topological polar surface area (TPSA) is 74.6 Å². The van der Waals surface area contributed by atoms with Crippen LogP contribution in [0, 0.1) is 12.7 Å². The van der Waals surface area contributed by atoms with Crippen molar-refractivity contribution >= 4 is 33.8 Å². The molecule has 1 aliphatic rings. The molecule has 1 fully saturated rings. The fraction of sp³-hybridized carbons (Fsp3) is 0.292. The maximum absolute atomic E-state index is 14.4. The molecule has 4 aromatic rings. The number of carbonyl (C=O) groups excluding carboxylic acids is 1. The number of benzene rings is 1. The number of aryl methyl sites for hydroxylation is 1. The summed E-state index contributed by atoms with van der Waals surface area (Å²) in [6, 6.07) is 9.67. The van der Waals surface area contributed by atoms with Crippen LogP contribution in [0.4, 0.5) is 15.8 Å². The van der Waals surface area contributed by atoms with Gasteiger partial charge in [0.1, 0.15) is 0 Å². The molecule has 0 spiro atoms. The lowest BCUT2D eigenvalue weighted by Gasteiger charge is -2.38. The molecule has 0 radical (unpaired) electrons. The number of hydrogen-bond acceptors (Lipinski definition) is 5. The van der Waals surface area contributed by atoms with Gasteiger partial charge in [-0.05, 0) is 45.0 Å². The van der Waals surface area contributed by atoms with Crippen molar-refractivity contribution in [1.82, 2.24) is 19.7 Å². The van der Waals surface area contributed by atoms with E-state index in [0.717, 1.165) is 24.2 Å². The molecule has 4 heterocycles. The molecule has 7 nitrogen and oxygen atoms in total. The van der Waals surface area contributed by atoms with E-state index in [1.165, 1.54) is 6.07 Å². The Hall–Kier alpha value is -3.52. The van der Waals surface area contributed by atoms with Gasteiger partial charge in [0.25, 0.3) is 5.91 Å². The maximum Gasteiger partial charge on any atom is 0.257 e. The molecule has 164 valence electrons. The van der Waals surface area contributed by atoms with Crippen molar-refractivity contribution in [3.63, 3.8) is 0 Å². The summed E-state index contributed by atoms with van der Waals surface area (Å²) in [5.74, 6) is -0.825. The second-order valence-electron chi connectivity index (χ2n) is 8.55. The van der Waals surface area contributed by atoms with Gasteiger partial charge in [-0.1, -0.05) is 0 Å². The van der Waals surface area contributed by atoms with E-state index in [1.54, 1.807) is 36.0 Å². The molecule has 0 saturated carbocycles. The minimum absolute atomic E-state index is 0.233. The summed E-state index contributed by atoms with van der Waals surface area (Å²) >= 11 is 0. The van der Waals surface area contributed by atoms with Crippen LogP contribution < -0.4 is 15.5 Å². The lowest BCUT2D eigenvalue weighted by Crippen LogP contribution is -2.54. The molecule has 1 aliphatic heterocycles. The molecule has 2 unspecified atom stereocenters. The first-order valence-electron chi connectivity index (χ1n) is 10.7. The van der Waals surface area contributed by atoms with Crippen molar-refractivity contribution in [2.45, 2.75) is 32.9 Å². The van der Waals surface area contributed by atoms with Gasteiger partial charge in [-0.15, -0.1) is 0 Å². The number of carbonyl (C=O) groups is 1. The maximum atomic E-state index is 14.4. The molecular weight excluding hydrogens is 407 g/mol. The van der Waals surface area contributed by atoms with Crippen LogP contribution in [-0.4, -0.2) is 45.4 Å². The molecule has 1 amide bonds. The Morgan fingerprint density at radius 2 is 1.97 bits per heavy atom. The molecular formula is C24H25FN6O. The van der Waals surface area contributed by atoms with Gasteiger partial charge in [0, 0.05) is 60.9 Å². The average molecular weight is 433 g/mol. The second-order valence-corrected chi connectivity index (χ2v) is 8.55. The first-order chi connectivity index (χ1) is 15.4. The molecule has 5 rings (SSSR count). The van der Waals surface area contributed by atoms with Crippen molar-refractivity contribution in [3.8, 4) is 0 Å². The largest absolute Gasteiger partial charge is 0.368 e. The predicted octanol–water partition coefficient (Wildman–Crippen LogP) is 3.77. The second kappa shape index (κ2) is 7.87. The predicted molar refractivity (Wildman–Crippen MR) is 124 cm³/mol. The van der Waals surface area contributed by atoms with Crippen molar-refractivity contribution in [3.05, 3.63) is 66.0 Å². The average Bonchev–Trinajstić information content (AvgIpc) is 3.13. The van der Waals surface area contributed by atoms with Crippen LogP contribution in [0.25, 0.3) is 16.6 Å². The van der Waals surface area contributed by atoms with Gasteiger partial charge in [-0.2, -0.15) is 0 Å². The smallest absolute Gasteiger partial charge is 0.257 e. The van der Waals surface area contributed by atoms with Crippen LogP contribution >= 0.6 is 0 Å². The van der Waals surface area contributed by atoms with Crippen molar-refractivity contribution in [1.29, 1.82) is 0 Å². The van der Waals surface area contributed by atoms with Crippen molar-refractivity contribution < 1.29 is 9.18 Å². The van der Waals surface area contributed by atoms with Gasteiger partial charge in [0.2, 0.25) is 0 Å². The van der Waals surface area contributed by atoms with Gasteiger partial charge in [0.05, 0.1) is 22.5 Å². The minimum atomic E-state index is -0.490.